The average Bonchev–Trinajstić information content (AvgIpc) is 2.73. The molecule has 0 saturated heterocycles. The van der Waals surface area contributed by atoms with Crippen molar-refractivity contribution < 1.29 is 4.79 Å². The molecule has 0 bridgehead atoms. The predicted molar refractivity (Wildman–Crippen MR) is 80.1 cm³/mol. The SMILES string of the molecule is CC(=O)/C=C/c1cn(C)c2c1ccc1ccccc12. The topological polar surface area (TPSA) is 22.0 Å². The van der Waals surface area contributed by atoms with E-state index in [4.69, 9.17) is 0 Å². The number of carbonyl (C=O) groups is 1. The van der Waals surface area contributed by atoms with Gasteiger partial charge in [-0.25, -0.2) is 0 Å². The zero-order valence-corrected chi connectivity index (χ0v) is 11.1. The molecule has 0 aliphatic rings. The van der Waals surface area contributed by atoms with Crippen molar-refractivity contribution in [2.75, 3.05) is 0 Å². The van der Waals surface area contributed by atoms with E-state index in [0.717, 1.165) is 5.56 Å². The minimum atomic E-state index is 0.0674. The highest BCUT2D eigenvalue weighted by molar-refractivity contribution is 6.09. The summed E-state index contributed by atoms with van der Waals surface area (Å²) in [6, 6.07) is 12.6. The Hall–Kier alpha value is -2.35. The lowest BCUT2D eigenvalue weighted by atomic mass is 10.1. The molecule has 0 aliphatic carbocycles. The number of aromatic nitrogens is 1. The highest BCUT2D eigenvalue weighted by Gasteiger charge is 2.07. The van der Waals surface area contributed by atoms with Crippen molar-refractivity contribution in [2.24, 2.45) is 7.05 Å². The van der Waals surface area contributed by atoms with Crippen LogP contribution < -0.4 is 0 Å². The lowest BCUT2D eigenvalue weighted by Crippen LogP contribution is -1.85. The molecule has 94 valence electrons. The first-order valence-corrected chi connectivity index (χ1v) is 6.32. The molecular weight excluding hydrogens is 234 g/mol. The molecule has 0 spiro atoms. The second-order valence-electron chi connectivity index (χ2n) is 4.82. The first kappa shape index (κ1) is 11.7. The van der Waals surface area contributed by atoms with Gasteiger partial charge in [-0.2, -0.15) is 0 Å². The van der Waals surface area contributed by atoms with Gasteiger partial charge in [0.05, 0.1) is 5.52 Å². The molecule has 2 heteroatoms. The number of carbonyl (C=O) groups excluding carboxylic acids is 1. The molecule has 0 aliphatic heterocycles. The van der Waals surface area contributed by atoms with Crippen molar-refractivity contribution in [3.63, 3.8) is 0 Å². The van der Waals surface area contributed by atoms with Crippen LogP contribution in [0.5, 0.6) is 0 Å². The summed E-state index contributed by atoms with van der Waals surface area (Å²) in [5, 5.41) is 3.65. The van der Waals surface area contributed by atoms with Crippen LogP contribution in [0.15, 0.2) is 48.7 Å². The van der Waals surface area contributed by atoms with Crippen LogP contribution in [0, 0.1) is 0 Å². The molecule has 2 aromatic carbocycles. The Morgan fingerprint density at radius 3 is 2.68 bits per heavy atom. The third-order valence-corrected chi connectivity index (χ3v) is 3.39. The van der Waals surface area contributed by atoms with Crippen LogP contribution in [0.1, 0.15) is 12.5 Å². The van der Waals surface area contributed by atoms with Gasteiger partial charge in [0.15, 0.2) is 5.78 Å². The molecular formula is C17H15NO. The van der Waals surface area contributed by atoms with Crippen LogP contribution in [0.3, 0.4) is 0 Å². The maximum absolute atomic E-state index is 11.1. The summed E-state index contributed by atoms with van der Waals surface area (Å²) in [5.74, 6) is 0.0674. The molecule has 2 nitrogen and oxygen atoms in total. The second-order valence-corrected chi connectivity index (χ2v) is 4.82. The van der Waals surface area contributed by atoms with Gasteiger partial charge in [-0.15, -0.1) is 0 Å². The van der Waals surface area contributed by atoms with E-state index in [0.29, 0.717) is 0 Å². The summed E-state index contributed by atoms with van der Waals surface area (Å²) in [6.07, 6.45) is 5.57. The predicted octanol–water partition coefficient (Wildman–Crippen LogP) is 3.93. The smallest absolute Gasteiger partial charge is 0.152 e. The van der Waals surface area contributed by atoms with E-state index in [-0.39, 0.29) is 5.78 Å². The molecule has 0 atom stereocenters. The number of nitrogens with zero attached hydrogens (tertiary/aromatic N) is 1. The molecule has 0 fully saturated rings. The average molecular weight is 249 g/mol. The number of ketones is 1. The van der Waals surface area contributed by atoms with Crippen molar-refractivity contribution in [1.29, 1.82) is 0 Å². The first-order valence-electron chi connectivity index (χ1n) is 6.32. The van der Waals surface area contributed by atoms with Crippen LogP contribution in [0.2, 0.25) is 0 Å². The number of hydrogen-bond acceptors (Lipinski definition) is 1. The highest BCUT2D eigenvalue weighted by atomic mass is 16.1. The third-order valence-electron chi connectivity index (χ3n) is 3.39. The van der Waals surface area contributed by atoms with E-state index >= 15 is 0 Å². The van der Waals surface area contributed by atoms with Crippen molar-refractivity contribution in [3.05, 3.63) is 54.2 Å². The standard InChI is InChI=1S/C17H15NO/c1-12(19)7-8-14-11-18(2)17-15-6-4-3-5-13(15)9-10-16(14)17/h3-11H,1-2H3/b8-7+. The normalized spacial score (nSPS) is 11.7. The van der Waals surface area contributed by atoms with E-state index in [1.54, 1.807) is 13.0 Å². The number of rotatable bonds is 2. The quantitative estimate of drug-likeness (QED) is 0.631. The Bertz CT molecular complexity index is 809. The summed E-state index contributed by atoms with van der Waals surface area (Å²) in [4.78, 5) is 11.1. The van der Waals surface area contributed by atoms with E-state index in [1.165, 1.54) is 21.7 Å². The van der Waals surface area contributed by atoms with Gasteiger partial charge < -0.3 is 4.57 Å². The van der Waals surface area contributed by atoms with Crippen molar-refractivity contribution in [3.8, 4) is 0 Å². The molecule has 1 heterocycles. The van der Waals surface area contributed by atoms with Gasteiger partial charge >= 0.3 is 0 Å². The molecule has 0 amide bonds. The van der Waals surface area contributed by atoms with Gasteiger partial charge in [0.1, 0.15) is 0 Å². The van der Waals surface area contributed by atoms with Crippen LogP contribution in [0.25, 0.3) is 27.8 Å². The molecule has 0 saturated carbocycles. The van der Waals surface area contributed by atoms with Crippen LogP contribution in [-0.2, 0) is 11.8 Å². The summed E-state index contributed by atoms with van der Waals surface area (Å²) in [6.45, 7) is 1.57. The van der Waals surface area contributed by atoms with Gasteiger partial charge in [-0.1, -0.05) is 36.4 Å². The Morgan fingerprint density at radius 2 is 1.89 bits per heavy atom. The monoisotopic (exact) mass is 249 g/mol. The largest absolute Gasteiger partial charge is 0.349 e. The maximum atomic E-state index is 11.1. The molecule has 0 N–H and O–H groups in total. The van der Waals surface area contributed by atoms with Gasteiger partial charge in [0.25, 0.3) is 0 Å². The minimum Gasteiger partial charge on any atom is -0.349 e. The third kappa shape index (κ3) is 1.95. The molecule has 19 heavy (non-hydrogen) atoms. The zero-order valence-electron chi connectivity index (χ0n) is 11.1. The fourth-order valence-corrected chi connectivity index (χ4v) is 2.55. The lowest BCUT2D eigenvalue weighted by Gasteiger charge is -2.02. The maximum Gasteiger partial charge on any atom is 0.152 e. The number of fused-ring (bicyclic) bond motifs is 3. The molecule has 0 unspecified atom stereocenters. The van der Waals surface area contributed by atoms with Crippen LogP contribution >= 0.6 is 0 Å². The highest BCUT2D eigenvalue weighted by Crippen LogP contribution is 2.29. The number of hydrogen-bond donors (Lipinski definition) is 0. The summed E-state index contributed by atoms with van der Waals surface area (Å²) < 4.78 is 2.12. The summed E-state index contributed by atoms with van der Waals surface area (Å²) >= 11 is 0. The minimum absolute atomic E-state index is 0.0674. The first-order chi connectivity index (χ1) is 9.16. The fourth-order valence-electron chi connectivity index (χ4n) is 2.55. The summed E-state index contributed by atoms with van der Waals surface area (Å²) in [5.41, 5.74) is 2.29. The number of benzene rings is 2. The van der Waals surface area contributed by atoms with Gasteiger partial charge in [0.2, 0.25) is 0 Å². The molecule has 0 radical (unpaired) electrons. The Kier molecular flexibility index (Phi) is 2.71. The van der Waals surface area contributed by atoms with Crippen molar-refractivity contribution >= 4 is 33.5 Å². The van der Waals surface area contributed by atoms with Gasteiger partial charge in [-0.3, -0.25) is 4.79 Å². The zero-order chi connectivity index (χ0) is 13.4. The number of allylic oxidation sites excluding steroid dienone is 1. The number of aryl methyl sites for hydroxylation is 1. The van der Waals surface area contributed by atoms with Crippen molar-refractivity contribution in [2.45, 2.75) is 6.92 Å². The van der Waals surface area contributed by atoms with E-state index in [1.807, 2.05) is 19.2 Å². The van der Waals surface area contributed by atoms with Crippen LogP contribution in [0.4, 0.5) is 0 Å². The Morgan fingerprint density at radius 1 is 1.11 bits per heavy atom. The molecule has 3 rings (SSSR count). The van der Waals surface area contributed by atoms with Crippen molar-refractivity contribution in [1.82, 2.24) is 4.57 Å². The summed E-state index contributed by atoms with van der Waals surface area (Å²) in [7, 11) is 2.04. The lowest BCUT2D eigenvalue weighted by molar-refractivity contribution is -0.112. The molecule has 1 aromatic heterocycles. The van der Waals surface area contributed by atoms with E-state index in [2.05, 4.69) is 41.1 Å². The van der Waals surface area contributed by atoms with E-state index < -0.39 is 0 Å². The Labute approximate surface area is 112 Å². The molecule has 3 aromatic rings. The Balaban J connectivity index is 2.34. The van der Waals surface area contributed by atoms with Crippen LogP contribution in [-0.4, -0.2) is 10.4 Å². The van der Waals surface area contributed by atoms with Gasteiger partial charge in [-0.05, 0) is 24.5 Å². The second kappa shape index (κ2) is 4.39. The van der Waals surface area contributed by atoms with Gasteiger partial charge in [0, 0.05) is 29.6 Å². The van der Waals surface area contributed by atoms with E-state index in [9.17, 15) is 4.79 Å². The fraction of sp³-hybridized carbons (Fsp3) is 0.118.